The Morgan fingerprint density at radius 2 is 2.21 bits per heavy atom. The Labute approximate surface area is 121 Å². The molecule has 0 aliphatic rings. The van der Waals surface area contributed by atoms with Gasteiger partial charge in [0.2, 0.25) is 0 Å². The zero-order chi connectivity index (χ0) is 14.3. The number of rotatable bonds is 8. The summed E-state index contributed by atoms with van der Waals surface area (Å²) in [5, 5.41) is 10.9. The van der Waals surface area contributed by atoms with Gasteiger partial charge in [0.05, 0.1) is 18.1 Å². The van der Waals surface area contributed by atoms with Gasteiger partial charge in [-0.25, -0.2) is 0 Å². The highest BCUT2D eigenvalue weighted by Crippen LogP contribution is 2.29. The van der Waals surface area contributed by atoms with Gasteiger partial charge in [-0.1, -0.05) is 28.9 Å². The van der Waals surface area contributed by atoms with Gasteiger partial charge in [-0.15, -0.1) is 0 Å². The number of hydrogen-bond donors (Lipinski definition) is 0. The van der Waals surface area contributed by atoms with Crippen molar-refractivity contribution in [3.8, 4) is 5.75 Å². The fraction of sp³-hybridized carbons (Fsp3) is 0.538. The van der Waals surface area contributed by atoms with Gasteiger partial charge in [-0.2, -0.15) is 0 Å². The van der Waals surface area contributed by atoms with Crippen LogP contribution >= 0.6 is 15.9 Å². The molecule has 0 aromatic heterocycles. The van der Waals surface area contributed by atoms with E-state index in [1.165, 1.54) is 6.07 Å². The van der Waals surface area contributed by atoms with E-state index in [0.717, 1.165) is 18.4 Å². The molecule has 1 atom stereocenters. The molecular weight excluding hydrogens is 314 g/mol. The summed E-state index contributed by atoms with van der Waals surface area (Å²) >= 11 is 3.50. The van der Waals surface area contributed by atoms with Crippen LogP contribution in [0.4, 0.5) is 5.69 Å². The van der Waals surface area contributed by atoms with Crippen LogP contribution in [0.1, 0.15) is 18.9 Å². The summed E-state index contributed by atoms with van der Waals surface area (Å²) in [4.78, 5) is 10.7. The number of halogens is 1. The second-order valence-electron chi connectivity index (χ2n) is 4.16. The third-order valence-electron chi connectivity index (χ3n) is 2.49. The van der Waals surface area contributed by atoms with Crippen molar-refractivity contribution in [3.63, 3.8) is 0 Å². The molecule has 0 saturated heterocycles. The summed E-state index contributed by atoms with van der Waals surface area (Å²) in [6.45, 7) is 3.02. The second kappa shape index (κ2) is 8.12. The minimum absolute atomic E-state index is 0.00932. The van der Waals surface area contributed by atoms with E-state index in [9.17, 15) is 10.1 Å². The van der Waals surface area contributed by atoms with Gasteiger partial charge in [-0.05, 0) is 24.5 Å². The molecule has 6 heteroatoms. The highest BCUT2D eigenvalue weighted by molar-refractivity contribution is 9.09. The van der Waals surface area contributed by atoms with E-state index in [1.807, 2.05) is 6.92 Å². The summed E-state index contributed by atoms with van der Waals surface area (Å²) in [7, 11) is 1.64. The van der Waals surface area contributed by atoms with Crippen molar-refractivity contribution in [2.75, 3.05) is 20.3 Å². The van der Waals surface area contributed by atoms with Crippen LogP contribution in [0.5, 0.6) is 5.75 Å². The van der Waals surface area contributed by atoms with Gasteiger partial charge < -0.3 is 9.47 Å². The maximum atomic E-state index is 10.9. The fourth-order valence-corrected chi connectivity index (χ4v) is 2.30. The number of methoxy groups -OCH3 is 1. The fourth-order valence-electron chi connectivity index (χ4n) is 1.66. The highest BCUT2D eigenvalue weighted by Gasteiger charge is 2.16. The Kier molecular flexibility index (Phi) is 6.80. The van der Waals surface area contributed by atoms with Crippen LogP contribution in [0.15, 0.2) is 18.2 Å². The zero-order valence-electron chi connectivity index (χ0n) is 11.1. The van der Waals surface area contributed by atoms with Gasteiger partial charge in [0.15, 0.2) is 5.75 Å². The summed E-state index contributed by atoms with van der Waals surface area (Å²) < 4.78 is 10.5. The molecular formula is C13H18BrNO4. The van der Waals surface area contributed by atoms with Crippen molar-refractivity contribution in [1.82, 2.24) is 0 Å². The van der Waals surface area contributed by atoms with Gasteiger partial charge >= 0.3 is 5.69 Å². The topological polar surface area (TPSA) is 61.6 Å². The standard InChI is InChI=1S/C13H18BrNO4/c1-3-6-19-13-8-10(7-11(14)9-18-2)4-5-12(13)15(16)17/h4-5,8,11H,3,6-7,9H2,1-2H3. The lowest BCUT2D eigenvalue weighted by Gasteiger charge is -2.11. The first-order valence-electron chi connectivity index (χ1n) is 6.11. The molecule has 19 heavy (non-hydrogen) atoms. The molecule has 0 spiro atoms. The van der Waals surface area contributed by atoms with Crippen LogP contribution < -0.4 is 4.74 Å². The number of nitro groups is 1. The van der Waals surface area contributed by atoms with Crippen LogP contribution in [0, 0.1) is 10.1 Å². The molecule has 0 radical (unpaired) electrons. The van der Waals surface area contributed by atoms with Gasteiger partial charge in [0.25, 0.3) is 0 Å². The molecule has 1 rings (SSSR count). The Morgan fingerprint density at radius 1 is 1.47 bits per heavy atom. The first kappa shape index (κ1) is 15.9. The average Bonchev–Trinajstić information content (AvgIpc) is 2.36. The maximum absolute atomic E-state index is 10.9. The molecule has 0 bridgehead atoms. The molecule has 0 fully saturated rings. The largest absolute Gasteiger partial charge is 0.487 e. The van der Waals surface area contributed by atoms with Gasteiger partial charge in [0.1, 0.15) is 0 Å². The third-order valence-corrected chi connectivity index (χ3v) is 3.08. The van der Waals surface area contributed by atoms with Crippen LogP contribution in [-0.4, -0.2) is 30.1 Å². The molecule has 1 aromatic carbocycles. The minimum Gasteiger partial charge on any atom is -0.487 e. The minimum atomic E-state index is -0.421. The van der Waals surface area contributed by atoms with E-state index >= 15 is 0 Å². The first-order chi connectivity index (χ1) is 9.08. The zero-order valence-corrected chi connectivity index (χ0v) is 12.7. The summed E-state index contributed by atoms with van der Waals surface area (Å²) in [6.07, 6.45) is 1.54. The van der Waals surface area contributed by atoms with E-state index in [0.29, 0.717) is 19.0 Å². The Morgan fingerprint density at radius 3 is 2.79 bits per heavy atom. The third kappa shape index (κ3) is 5.16. The SMILES string of the molecule is CCCOc1cc(CC(Br)COC)ccc1[N+](=O)[O-]. The van der Waals surface area contributed by atoms with E-state index in [-0.39, 0.29) is 10.5 Å². The number of nitro benzene ring substituents is 1. The molecule has 0 aliphatic carbocycles. The van der Waals surface area contributed by atoms with E-state index in [1.54, 1.807) is 19.2 Å². The normalized spacial score (nSPS) is 12.2. The molecule has 0 heterocycles. The van der Waals surface area contributed by atoms with Crippen molar-refractivity contribution in [2.24, 2.45) is 0 Å². The lowest BCUT2D eigenvalue weighted by atomic mass is 10.1. The summed E-state index contributed by atoms with van der Waals surface area (Å²) in [5.74, 6) is 0.335. The Bertz CT molecular complexity index is 425. The Balaban J connectivity index is 2.87. The molecule has 0 saturated carbocycles. The highest BCUT2D eigenvalue weighted by atomic mass is 79.9. The first-order valence-corrected chi connectivity index (χ1v) is 7.03. The molecule has 0 N–H and O–H groups in total. The van der Waals surface area contributed by atoms with Gasteiger partial charge in [-0.3, -0.25) is 10.1 Å². The molecule has 0 amide bonds. The van der Waals surface area contributed by atoms with E-state index in [4.69, 9.17) is 9.47 Å². The number of hydrogen-bond acceptors (Lipinski definition) is 4. The van der Waals surface area contributed by atoms with Crippen LogP contribution in [0.25, 0.3) is 0 Å². The number of ether oxygens (including phenoxy) is 2. The average molecular weight is 332 g/mol. The predicted octanol–water partition coefficient (Wildman–Crippen LogP) is 3.34. The maximum Gasteiger partial charge on any atom is 0.310 e. The molecule has 5 nitrogen and oxygen atoms in total. The van der Waals surface area contributed by atoms with Gasteiger partial charge in [0, 0.05) is 18.0 Å². The lowest BCUT2D eigenvalue weighted by molar-refractivity contribution is -0.385. The van der Waals surface area contributed by atoms with Crippen molar-refractivity contribution in [1.29, 1.82) is 0 Å². The second-order valence-corrected chi connectivity index (χ2v) is 5.46. The molecule has 0 aliphatic heterocycles. The lowest BCUT2D eigenvalue weighted by Crippen LogP contribution is -2.10. The quantitative estimate of drug-likeness (QED) is 0.416. The summed E-state index contributed by atoms with van der Waals surface area (Å²) in [6, 6.07) is 4.98. The Hall–Kier alpha value is -1.14. The molecule has 106 valence electrons. The number of alkyl halides is 1. The molecule has 1 aromatic rings. The van der Waals surface area contributed by atoms with Crippen LogP contribution in [0.3, 0.4) is 0 Å². The smallest absolute Gasteiger partial charge is 0.310 e. The van der Waals surface area contributed by atoms with E-state index in [2.05, 4.69) is 15.9 Å². The van der Waals surface area contributed by atoms with Crippen LogP contribution in [-0.2, 0) is 11.2 Å². The predicted molar refractivity (Wildman–Crippen MR) is 77.2 cm³/mol. The van der Waals surface area contributed by atoms with Crippen molar-refractivity contribution in [3.05, 3.63) is 33.9 Å². The number of nitrogens with zero attached hydrogens (tertiary/aromatic N) is 1. The molecule has 1 unspecified atom stereocenters. The monoisotopic (exact) mass is 331 g/mol. The summed E-state index contributed by atoms with van der Waals surface area (Å²) in [5.41, 5.74) is 0.991. The van der Waals surface area contributed by atoms with Crippen molar-refractivity contribution < 1.29 is 14.4 Å². The number of benzene rings is 1. The van der Waals surface area contributed by atoms with Crippen LogP contribution in [0.2, 0.25) is 0 Å². The van der Waals surface area contributed by atoms with Crippen molar-refractivity contribution in [2.45, 2.75) is 24.6 Å². The van der Waals surface area contributed by atoms with Crippen molar-refractivity contribution >= 4 is 21.6 Å². The van der Waals surface area contributed by atoms with E-state index < -0.39 is 4.92 Å².